The molecule has 12 N–H and O–H groups in total. The van der Waals surface area contributed by atoms with Gasteiger partial charge in [-0.15, -0.1) is 41.9 Å². The number of anilines is 6. The van der Waals surface area contributed by atoms with E-state index < -0.39 is 0 Å². The van der Waals surface area contributed by atoms with E-state index in [0.29, 0.717) is 130 Å². The number of rotatable bonds is 39. The molecule has 1 aromatic carbocycles. The number of thiazole rings is 1. The molecule has 3 atom stereocenters. The van der Waals surface area contributed by atoms with Gasteiger partial charge in [-0.05, 0) is 138 Å². The van der Waals surface area contributed by atoms with E-state index in [9.17, 15) is 0 Å². The highest BCUT2D eigenvalue weighted by molar-refractivity contribution is 7.11. The largest absolute Gasteiger partial charge is 0.462 e. The Morgan fingerprint density at radius 3 is 0.887 bits per heavy atom. The number of hydrogen-bond acceptors (Lipinski definition) is 33. The molecular formula is C111H165N31O7S. The summed E-state index contributed by atoms with van der Waals surface area (Å²) in [7, 11) is 0. The number of aryl methyl sites for hydroxylation is 1. The van der Waals surface area contributed by atoms with Gasteiger partial charge in [-0.25, -0.2) is 62.0 Å². The van der Waals surface area contributed by atoms with Crippen LogP contribution in [0.1, 0.15) is 368 Å². The Labute approximate surface area is 886 Å². The number of imidazole rings is 6. The fourth-order valence-corrected chi connectivity index (χ4v) is 23.1. The third kappa shape index (κ3) is 31.0. The zero-order valence-electron chi connectivity index (χ0n) is 90.2. The van der Waals surface area contributed by atoms with Crippen molar-refractivity contribution >= 4 is 80.1 Å². The fraction of sp³-hybridized carbons (Fsp3) is 0.649. The SMILES string of the molecule is CCC(CC)Oc1nc(N)c2ncc(CC3CCCCC3)n2n1.CCCC(CC)Oc1nc(N)c2ncc(CC3CCCCC3)n2n1.CCCC(CCC)Oc1nc(N)c2ncc(CC3CCCCC3)n2n1.CCCC(Cc1ccccc1)Oc1nc(N)c2ncc(CC3CCCCC3)n2n1.Cc1cnc(COc2nc(N)c3ncc(CC4CCCCC4)n3n2)s1.Nc1nc(OCC2CCOC2)nn2c(CC3CCCCC3)cnc12. The maximum Gasteiger partial charge on any atom is 0.336 e. The van der Waals surface area contributed by atoms with Crippen molar-refractivity contribution in [2.24, 2.45) is 41.4 Å². The van der Waals surface area contributed by atoms with E-state index in [1.807, 2.05) is 78.9 Å². The molecule has 39 heteroatoms. The van der Waals surface area contributed by atoms with E-state index in [0.717, 1.165) is 203 Å². The van der Waals surface area contributed by atoms with Crippen molar-refractivity contribution < 1.29 is 33.2 Å². The minimum Gasteiger partial charge on any atom is -0.462 e. The minimum absolute atomic E-state index is 0.0181. The molecule has 0 bridgehead atoms. The fourth-order valence-electron chi connectivity index (χ4n) is 22.4. The van der Waals surface area contributed by atoms with Crippen LogP contribution in [0.25, 0.3) is 33.9 Å². The maximum atomic E-state index is 6.21. The van der Waals surface area contributed by atoms with Crippen molar-refractivity contribution in [3.63, 3.8) is 0 Å². The molecule has 13 aromatic heterocycles. The van der Waals surface area contributed by atoms with Gasteiger partial charge in [0.2, 0.25) is 0 Å². The second-order valence-corrected chi connectivity index (χ2v) is 43.9. The molecule has 21 rings (SSSR count). The van der Waals surface area contributed by atoms with E-state index in [1.165, 1.54) is 198 Å². The Morgan fingerprint density at radius 2 is 0.593 bits per heavy atom. The molecule has 14 aromatic rings. The maximum absolute atomic E-state index is 6.21. The van der Waals surface area contributed by atoms with Crippen LogP contribution in [-0.4, -0.2) is 167 Å². The number of ether oxygens (including phenoxy) is 7. The monoisotopic (exact) mass is 2080 g/mol. The van der Waals surface area contributed by atoms with Crippen molar-refractivity contribution in [1.29, 1.82) is 0 Å². The van der Waals surface area contributed by atoms with Crippen LogP contribution in [0.2, 0.25) is 0 Å². The first-order valence-electron chi connectivity index (χ1n) is 56.8. The molecule has 7 fully saturated rings. The summed E-state index contributed by atoms with van der Waals surface area (Å²) < 4.78 is 51.9. The lowest BCUT2D eigenvalue weighted by Crippen LogP contribution is -2.22. The topological polar surface area (TPSA) is 492 Å². The highest BCUT2D eigenvalue weighted by Gasteiger charge is 2.30. The number of nitrogen functional groups attached to an aromatic ring is 6. The Balaban J connectivity index is 0.000000128. The first-order valence-corrected chi connectivity index (χ1v) is 57.6. The summed E-state index contributed by atoms with van der Waals surface area (Å²) in [6.45, 7) is 19.5. The standard InChI is InChI=1S/C23H31N5O.C19H31N5O.C18H29N5O.C17H22N6OS.C17H25N5O2.C17H27N5O/c1-2-9-20(15-18-12-7-4-8-13-18)29-23-26-21(24)22-25-16-19(28(22)27-23)14-17-10-5-3-6-11-17;1-3-8-16(9-4-2)25-19-22-17(20)18-21-13-15(24(18)23-19)12-14-10-6-5-7-11-14;1-3-8-15(4-2)24-18-21-16(19)17-20-12-14(23(17)22-18)11-13-9-6-5-7-10-13;1-11-8-19-14(25-11)10-24-17-21-15(18)16-20-9-13(23(16)22-17)7-12-5-3-2-4-6-12;18-15-16-19-9-14(8-12-4-2-1-3-5-12)22(16)21-17(20-15)24-11-13-6-7-23-10-13;1-3-14(4-2)23-17-20-15(18)16-19-11-13(22(16)21-17)10-12-8-6-5-7-9-12/h4,7-8,12-13,16-17,20H,2-3,5-6,9-11,14-15H2,1H3,(H2,24,26,27);13-14,16H,3-12H2,1-2H3,(H2,20,22,23);12-13,15H,3-11H2,1-2H3,(H2,19,21,22);8-9,12H,2-7,10H2,1H3,(H2,18,21,22);9,12-13H,1-8,10-11H2,(H2,18,20,21);11-12,14H,3-10H2,1-2H3,(H2,18,20,21). The molecule has 0 spiro atoms. The van der Waals surface area contributed by atoms with Crippen LogP contribution in [0.4, 0.5) is 34.9 Å². The van der Waals surface area contributed by atoms with Crippen LogP contribution in [0.5, 0.6) is 36.1 Å². The highest BCUT2D eigenvalue weighted by atomic mass is 32.1. The third-order valence-corrected chi connectivity index (χ3v) is 31.5. The summed E-state index contributed by atoms with van der Waals surface area (Å²) in [5.74, 6) is 6.97. The number of fused-ring (bicyclic) bond motifs is 6. The summed E-state index contributed by atoms with van der Waals surface area (Å²) in [6, 6.07) is 12.4. The molecular weight excluding hydrogens is 1910 g/mol. The average Bonchev–Trinajstić information content (AvgIpc) is 1.66. The van der Waals surface area contributed by atoms with E-state index in [-0.39, 0.29) is 30.4 Å². The van der Waals surface area contributed by atoms with Gasteiger partial charge < -0.3 is 67.6 Å². The van der Waals surface area contributed by atoms with Crippen LogP contribution in [0, 0.1) is 48.3 Å². The zero-order valence-corrected chi connectivity index (χ0v) is 91.0. The summed E-state index contributed by atoms with van der Waals surface area (Å²) in [4.78, 5) is 57.7. The van der Waals surface area contributed by atoms with Gasteiger partial charge in [0.15, 0.2) is 68.8 Å². The molecule has 150 heavy (non-hydrogen) atoms. The Kier molecular flexibility index (Phi) is 41.3. The summed E-state index contributed by atoms with van der Waals surface area (Å²) in [5, 5.41) is 28.3. The summed E-state index contributed by atoms with van der Waals surface area (Å²) in [6.07, 6.45) is 72.0. The third-order valence-electron chi connectivity index (χ3n) is 30.6. The predicted molar refractivity (Wildman–Crippen MR) is 587 cm³/mol. The van der Waals surface area contributed by atoms with Gasteiger partial charge >= 0.3 is 36.1 Å². The minimum atomic E-state index is 0.0181. The van der Waals surface area contributed by atoms with Gasteiger partial charge in [0.05, 0.1) is 84.6 Å². The number of nitrogens with two attached hydrogens (primary N) is 6. The smallest absolute Gasteiger partial charge is 0.336 e. The molecule has 6 saturated carbocycles. The van der Waals surface area contributed by atoms with Crippen molar-refractivity contribution in [2.75, 3.05) is 54.2 Å². The molecule has 1 aliphatic heterocycles. The normalized spacial score (nSPS) is 17.2. The first-order chi connectivity index (χ1) is 73.3. The lowest BCUT2D eigenvalue weighted by Gasteiger charge is -2.21. The number of aromatic nitrogens is 25. The van der Waals surface area contributed by atoms with Gasteiger partial charge in [0.25, 0.3) is 0 Å². The van der Waals surface area contributed by atoms with Crippen molar-refractivity contribution in [1.82, 2.24) is 122 Å². The molecule has 6 aliphatic carbocycles. The van der Waals surface area contributed by atoms with Crippen LogP contribution >= 0.6 is 11.3 Å². The lowest BCUT2D eigenvalue weighted by molar-refractivity contribution is 0.161. The molecule has 7 aliphatic rings. The summed E-state index contributed by atoms with van der Waals surface area (Å²) >= 11 is 1.60. The van der Waals surface area contributed by atoms with Gasteiger partial charge in [-0.1, -0.05) is 297 Å². The Hall–Kier alpha value is -12.3. The number of benzene rings is 1. The predicted octanol–water partition coefficient (Wildman–Crippen LogP) is 21.4. The molecule has 38 nitrogen and oxygen atoms in total. The molecule has 0 radical (unpaired) electrons. The Morgan fingerprint density at radius 1 is 0.313 bits per heavy atom. The van der Waals surface area contributed by atoms with Gasteiger partial charge in [-0.2, -0.15) is 29.9 Å². The quantitative estimate of drug-likeness (QED) is 0.0208. The van der Waals surface area contributed by atoms with Gasteiger partial charge in [0, 0.05) is 30.0 Å². The van der Waals surface area contributed by atoms with E-state index in [4.69, 9.17) is 67.6 Å². The lowest BCUT2D eigenvalue weighted by atomic mass is 9.86. The molecule has 3 unspecified atom stereocenters. The van der Waals surface area contributed by atoms with Crippen molar-refractivity contribution in [3.8, 4) is 36.1 Å². The van der Waals surface area contributed by atoms with Crippen molar-refractivity contribution in [3.05, 3.63) is 123 Å². The second-order valence-electron chi connectivity index (χ2n) is 42.6. The molecule has 0 amide bonds. The van der Waals surface area contributed by atoms with Crippen LogP contribution in [0.15, 0.2) is 73.7 Å². The van der Waals surface area contributed by atoms with Crippen LogP contribution in [0.3, 0.4) is 0 Å². The number of hydrogen-bond donors (Lipinski definition) is 6. The molecule has 1 saturated heterocycles. The van der Waals surface area contributed by atoms with E-state index in [1.54, 1.807) is 15.9 Å². The highest BCUT2D eigenvalue weighted by Crippen LogP contribution is 2.37. The first kappa shape index (κ1) is 110. The van der Waals surface area contributed by atoms with Crippen LogP contribution in [-0.2, 0) is 56.3 Å². The van der Waals surface area contributed by atoms with Gasteiger partial charge in [-0.3, -0.25) is 0 Å². The molecule has 812 valence electrons. The number of nitrogens with zero attached hydrogens (tertiary/aromatic N) is 25. The molecule has 14 heterocycles. The Bertz CT molecular complexity index is 6430. The second kappa shape index (κ2) is 56.2. The van der Waals surface area contributed by atoms with Gasteiger partial charge in [0.1, 0.15) is 36.0 Å². The van der Waals surface area contributed by atoms with Crippen LogP contribution < -0.4 is 62.8 Å². The van der Waals surface area contributed by atoms with E-state index in [2.05, 4.69) is 168 Å². The average molecular weight is 2080 g/mol. The van der Waals surface area contributed by atoms with Crippen molar-refractivity contribution in [2.45, 2.75) is 401 Å². The van der Waals surface area contributed by atoms with E-state index >= 15 is 0 Å². The summed E-state index contributed by atoms with van der Waals surface area (Å²) in [5.41, 5.74) is 48.1. The zero-order chi connectivity index (χ0) is 104.